The van der Waals surface area contributed by atoms with E-state index in [-0.39, 0.29) is 17.5 Å². The Labute approximate surface area is 204 Å². The summed E-state index contributed by atoms with van der Waals surface area (Å²) in [7, 11) is 4.11. The standard InChI is InChI=1S/C27H40N6O/c1-27(2,3)18-10-14-20(15-11-18)33(25(28)34)21-16-12-19(13-17-21)29-26-30-23-9-7-6-8-22(23)24(31-26)32(4)5/h10-11,14-15,19,21H,6-9,12-13,16-17H2,1-5H3,(H2,28,34)(H,29,30,31)/t19-,21+. The van der Waals surface area contributed by atoms with Gasteiger partial charge in [0.05, 0.1) is 5.69 Å². The number of rotatable bonds is 5. The number of nitrogens with zero attached hydrogens (tertiary/aromatic N) is 4. The molecule has 184 valence electrons. The molecule has 1 saturated carbocycles. The van der Waals surface area contributed by atoms with E-state index in [1.165, 1.54) is 29.7 Å². The highest BCUT2D eigenvalue weighted by molar-refractivity contribution is 5.91. The summed E-state index contributed by atoms with van der Waals surface area (Å²) in [5.41, 5.74) is 10.5. The van der Waals surface area contributed by atoms with Crippen LogP contribution >= 0.6 is 0 Å². The summed E-state index contributed by atoms with van der Waals surface area (Å²) in [4.78, 5) is 26.0. The summed E-state index contributed by atoms with van der Waals surface area (Å²) in [6.07, 6.45) is 8.19. The Balaban J connectivity index is 1.43. The molecular weight excluding hydrogens is 424 g/mol. The molecule has 3 N–H and O–H groups in total. The van der Waals surface area contributed by atoms with E-state index in [2.05, 4.69) is 57.2 Å². The molecule has 7 nitrogen and oxygen atoms in total. The molecule has 1 aromatic heterocycles. The van der Waals surface area contributed by atoms with Gasteiger partial charge in [0.15, 0.2) is 0 Å². The second-order valence-electron chi connectivity index (χ2n) is 11.1. The van der Waals surface area contributed by atoms with Gasteiger partial charge in [-0.2, -0.15) is 4.98 Å². The predicted molar refractivity (Wildman–Crippen MR) is 140 cm³/mol. The van der Waals surface area contributed by atoms with E-state index in [4.69, 9.17) is 15.7 Å². The number of carbonyl (C=O) groups excluding carboxylic acids is 1. The van der Waals surface area contributed by atoms with Crippen molar-refractivity contribution in [3.8, 4) is 0 Å². The van der Waals surface area contributed by atoms with Crippen molar-refractivity contribution in [1.29, 1.82) is 0 Å². The van der Waals surface area contributed by atoms with Crippen molar-refractivity contribution >= 4 is 23.5 Å². The lowest BCUT2D eigenvalue weighted by Gasteiger charge is -2.36. The first-order valence-corrected chi connectivity index (χ1v) is 12.7. The van der Waals surface area contributed by atoms with Crippen molar-refractivity contribution in [2.24, 2.45) is 5.73 Å². The largest absolute Gasteiger partial charge is 0.362 e. The molecule has 2 aliphatic carbocycles. The van der Waals surface area contributed by atoms with Crippen LogP contribution in [0.1, 0.15) is 76.1 Å². The highest BCUT2D eigenvalue weighted by atomic mass is 16.2. The molecule has 1 fully saturated rings. The van der Waals surface area contributed by atoms with Crippen LogP contribution in [-0.2, 0) is 18.3 Å². The van der Waals surface area contributed by atoms with Crippen molar-refractivity contribution in [2.75, 3.05) is 29.2 Å². The molecule has 0 atom stereocenters. The minimum atomic E-state index is -0.381. The summed E-state index contributed by atoms with van der Waals surface area (Å²) >= 11 is 0. The lowest BCUT2D eigenvalue weighted by Crippen LogP contribution is -2.46. The fourth-order valence-electron chi connectivity index (χ4n) is 5.31. The van der Waals surface area contributed by atoms with E-state index in [1.807, 2.05) is 12.1 Å². The molecule has 0 radical (unpaired) electrons. The SMILES string of the molecule is CN(C)c1nc(N[C@H]2CC[C@@H](N(C(N)=O)c3ccc(C(C)(C)C)cc3)CC2)nc2c1CCCC2. The van der Waals surface area contributed by atoms with Crippen molar-refractivity contribution in [3.05, 3.63) is 41.1 Å². The fourth-order valence-corrected chi connectivity index (χ4v) is 5.31. The number of hydrogen-bond donors (Lipinski definition) is 2. The molecule has 0 bridgehead atoms. The number of hydrogen-bond acceptors (Lipinski definition) is 5. The number of benzene rings is 1. The third-order valence-corrected chi connectivity index (χ3v) is 7.23. The van der Waals surface area contributed by atoms with Crippen molar-refractivity contribution in [3.63, 3.8) is 0 Å². The van der Waals surface area contributed by atoms with Crippen LogP contribution in [0.3, 0.4) is 0 Å². The van der Waals surface area contributed by atoms with Crippen molar-refractivity contribution < 1.29 is 4.79 Å². The number of urea groups is 1. The van der Waals surface area contributed by atoms with Crippen LogP contribution in [0.5, 0.6) is 0 Å². The number of anilines is 3. The molecule has 0 saturated heterocycles. The van der Waals surface area contributed by atoms with Gasteiger partial charge in [-0.1, -0.05) is 32.9 Å². The maximum Gasteiger partial charge on any atom is 0.319 e. The van der Waals surface area contributed by atoms with Gasteiger partial charge >= 0.3 is 6.03 Å². The van der Waals surface area contributed by atoms with E-state index in [9.17, 15) is 4.79 Å². The summed E-state index contributed by atoms with van der Waals surface area (Å²) < 4.78 is 0. The first-order chi connectivity index (χ1) is 16.1. The molecule has 2 amide bonds. The molecule has 34 heavy (non-hydrogen) atoms. The number of primary amides is 1. The van der Waals surface area contributed by atoms with Gasteiger partial charge in [0.1, 0.15) is 5.82 Å². The number of nitrogens with two attached hydrogens (primary N) is 1. The Morgan fingerprint density at radius 1 is 1.00 bits per heavy atom. The summed E-state index contributed by atoms with van der Waals surface area (Å²) in [6, 6.07) is 8.29. The molecule has 4 rings (SSSR count). The molecule has 1 aromatic carbocycles. The third kappa shape index (κ3) is 5.29. The molecule has 0 spiro atoms. The molecule has 0 unspecified atom stereocenters. The van der Waals surface area contributed by atoms with Gasteiger partial charge in [0, 0.05) is 37.4 Å². The topological polar surface area (TPSA) is 87.4 Å². The van der Waals surface area contributed by atoms with Gasteiger partial charge in [-0.25, -0.2) is 9.78 Å². The van der Waals surface area contributed by atoms with Gasteiger partial charge in [-0.3, -0.25) is 4.90 Å². The number of carbonyl (C=O) groups is 1. The van der Waals surface area contributed by atoms with E-state index in [0.29, 0.717) is 6.04 Å². The smallest absolute Gasteiger partial charge is 0.319 e. The normalized spacial score (nSPS) is 20.4. The minimum absolute atomic E-state index is 0.0744. The molecule has 1 heterocycles. The van der Waals surface area contributed by atoms with Crippen LogP contribution in [0.2, 0.25) is 0 Å². The van der Waals surface area contributed by atoms with Crippen LogP contribution in [0.4, 0.5) is 22.2 Å². The summed E-state index contributed by atoms with van der Waals surface area (Å²) in [5.74, 6) is 1.77. The van der Waals surface area contributed by atoms with E-state index >= 15 is 0 Å². The summed E-state index contributed by atoms with van der Waals surface area (Å²) in [5, 5.41) is 3.60. The lowest BCUT2D eigenvalue weighted by atomic mass is 9.86. The van der Waals surface area contributed by atoms with Crippen LogP contribution in [0.15, 0.2) is 24.3 Å². The molecule has 2 aliphatic rings. The molecule has 2 aromatic rings. The monoisotopic (exact) mass is 464 g/mol. The van der Waals surface area contributed by atoms with E-state index < -0.39 is 0 Å². The maximum atomic E-state index is 12.4. The predicted octanol–water partition coefficient (Wildman–Crippen LogP) is 5.03. The fraction of sp³-hybridized carbons (Fsp3) is 0.593. The zero-order valence-corrected chi connectivity index (χ0v) is 21.4. The Kier molecular flexibility index (Phi) is 7.01. The first kappa shape index (κ1) is 24.3. The molecule has 0 aliphatic heterocycles. The van der Waals surface area contributed by atoms with E-state index in [1.54, 1.807) is 4.90 Å². The first-order valence-electron chi connectivity index (χ1n) is 12.7. The van der Waals surface area contributed by atoms with Crippen LogP contribution < -0.4 is 20.9 Å². The third-order valence-electron chi connectivity index (χ3n) is 7.23. The number of aromatic nitrogens is 2. The number of fused-ring (bicyclic) bond motifs is 1. The average molecular weight is 465 g/mol. The number of aryl methyl sites for hydroxylation is 1. The van der Waals surface area contributed by atoms with Gasteiger partial charge in [-0.15, -0.1) is 0 Å². The van der Waals surface area contributed by atoms with Crippen molar-refractivity contribution in [2.45, 2.75) is 89.6 Å². The Bertz CT molecular complexity index is 1000. The van der Waals surface area contributed by atoms with Crippen molar-refractivity contribution in [1.82, 2.24) is 9.97 Å². The van der Waals surface area contributed by atoms with Gasteiger partial charge < -0.3 is 16.0 Å². The quantitative estimate of drug-likeness (QED) is 0.648. The summed E-state index contributed by atoms with van der Waals surface area (Å²) in [6.45, 7) is 6.57. The van der Waals surface area contributed by atoms with Gasteiger partial charge in [0.25, 0.3) is 0 Å². The average Bonchev–Trinajstić information content (AvgIpc) is 2.79. The zero-order valence-electron chi connectivity index (χ0n) is 21.4. The lowest BCUT2D eigenvalue weighted by molar-refractivity contribution is 0.248. The van der Waals surface area contributed by atoms with Crippen LogP contribution in [0.25, 0.3) is 0 Å². The second kappa shape index (κ2) is 9.80. The maximum absolute atomic E-state index is 12.4. The van der Waals surface area contributed by atoms with Crippen LogP contribution in [-0.4, -0.2) is 42.2 Å². The Morgan fingerprint density at radius 3 is 2.24 bits per heavy atom. The van der Waals surface area contributed by atoms with Crippen LogP contribution in [0, 0.1) is 0 Å². The second-order valence-corrected chi connectivity index (χ2v) is 11.1. The Morgan fingerprint density at radius 2 is 1.65 bits per heavy atom. The highest BCUT2D eigenvalue weighted by Crippen LogP contribution is 2.32. The zero-order chi connectivity index (χ0) is 24.5. The molecule has 7 heteroatoms. The number of amides is 2. The van der Waals surface area contributed by atoms with E-state index in [0.717, 1.165) is 56.0 Å². The van der Waals surface area contributed by atoms with Gasteiger partial charge in [-0.05, 0) is 74.5 Å². The number of nitrogens with one attached hydrogen (secondary N) is 1. The van der Waals surface area contributed by atoms with Gasteiger partial charge in [0.2, 0.25) is 5.95 Å². The highest BCUT2D eigenvalue weighted by Gasteiger charge is 2.30. The minimum Gasteiger partial charge on any atom is -0.362 e. The Hall–Kier alpha value is -2.83. The molecular formula is C27H40N6O.